The molecule has 9 heteroatoms. The highest BCUT2D eigenvalue weighted by Gasteiger charge is 2.20. The van der Waals surface area contributed by atoms with Crippen LogP contribution in [0.4, 0.5) is 15.9 Å². The van der Waals surface area contributed by atoms with Gasteiger partial charge in [0.15, 0.2) is 0 Å². The van der Waals surface area contributed by atoms with Crippen molar-refractivity contribution in [2.45, 2.75) is 6.61 Å². The van der Waals surface area contributed by atoms with E-state index in [1.54, 1.807) is 12.1 Å². The van der Waals surface area contributed by atoms with Crippen LogP contribution >= 0.6 is 15.9 Å². The van der Waals surface area contributed by atoms with Gasteiger partial charge in [-0.2, -0.15) is 0 Å². The molecule has 21 heavy (non-hydrogen) atoms. The zero-order valence-corrected chi connectivity index (χ0v) is 12.1. The van der Waals surface area contributed by atoms with Gasteiger partial charge >= 0.3 is 5.69 Å². The van der Waals surface area contributed by atoms with Crippen molar-refractivity contribution < 1.29 is 14.1 Å². The topological polar surface area (TPSA) is 103 Å². The van der Waals surface area contributed by atoms with E-state index in [9.17, 15) is 14.5 Å². The van der Waals surface area contributed by atoms with E-state index in [0.717, 1.165) is 12.1 Å². The number of nitrogens with two attached hydrogens (primary N) is 1. The van der Waals surface area contributed by atoms with E-state index in [-0.39, 0.29) is 16.8 Å². The number of nitro benzene ring substituents is 1. The molecule has 3 N–H and O–H groups in total. The van der Waals surface area contributed by atoms with E-state index in [2.05, 4.69) is 26.3 Å². The average Bonchev–Trinajstić information content (AvgIpc) is 2.45. The number of nitrogens with zero attached hydrogens (tertiary/aromatic N) is 2. The number of hydrogen-bond donors (Lipinski definition) is 2. The smallest absolute Gasteiger partial charge is 0.315 e. The Morgan fingerprint density at radius 2 is 2.24 bits per heavy atom. The maximum absolute atomic E-state index is 13.2. The Morgan fingerprint density at radius 3 is 2.90 bits per heavy atom. The van der Waals surface area contributed by atoms with Crippen molar-refractivity contribution >= 4 is 27.4 Å². The number of hydrazine groups is 1. The summed E-state index contributed by atoms with van der Waals surface area (Å²) in [6, 6.07) is 5.20. The maximum Gasteiger partial charge on any atom is 0.315 e. The van der Waals surface area contributed by atoms with Crippen LogP contribution in [0.1, 0.15) is 5.56 Å². The number of benzene rings is 1. The van der Waals surface area contributed by atoms with E-state index in [4.69, 9.17) is 10.6 Å². The number of nitrogens with one attached hydrogen (secondary N) is 1. The van der Waals surface area contributed by atoms with Crippen LogP contribution in [0.5, 0.6) is 5.75 Å². The molecular weight excluding hydrogens is 347 g/mol. The van der Waals surface area contributed by atoms with E-state index in [1.165, 1.54) is 6.20 Å². The number of pyridine rings is 1. The normalized spacial score (nSPS) is 10.2. The van der Waals surface area contributed by atoms with Gasteiger partial charge in [-0.15, -0.1) is 0 Å². The molecule has 7 nitrogen and oxygen atoms in total. The zero-order chi connectivity index (χ0) is 15.4. The van der Waals surface area contributed by atoms with Crippen molar-refractivity contribution in [3.8, 4) is 5.75 Å². The van der Waals surface area contributed by atoms with Crippen LogP contribution in [0, 0.1) is 15.9 Å². The third kappa shape index (κ3) is 3.64. The highest BCUT2D eigenvalue weighted by molar-refractivity contribution is 9.10. The highest BCUT2D eigenvalue weighted by atomic mass is 79.9. The Labute approximate surface area is 127 Å². The molecule has 0 radical (unpaired) electrons. The second-order valence-electron chi connectivity index (χ2n) is 3.98. The van der Waals surface area contributed by atoms with Crippen LogP contribution in [0.25, 0.3) is 0 Å². The number of halogens is 2. The average molecular weight is 357 g/mol. The minimum atomic E-state index is -0.723. The Bertz CT molecular complexity index is 684. The van der Waals surface area contributed by atoms with Gasteiger partial charge in [0.1, 0.15) is 18.2 Å². The van der Waals surface area contributed by atoms with Crippen LogP contribution in [-0.2, 0) is 6.61 Å². The van der Waals surface area contributed by atoms with Crippen molar-refractivity contribution in [1.29, 1.82) is 0 Å². The summed E-state index contributed by atoms with van der Waals surface area (Å²) in [4.78, 5) is 14.2. The largest absolute Gasteiger partial charge is 0.481 e. The van der Waals surface area contributed by atoms with Crippen molar-refractivity contribution in [1.82, 2.24) is 4.98 Å². The zero-order valence-electron chi connectivity index (χ0n) is 10.5. The molecule has 0 saturated carbocycles. The first-order valence-corrected chi connectivity index (χ1v) is 6.48. The molecule has 2 rings (SSSR count). The predicted molar refractivity (Wildman–Crippen MR) is 77.1 cm³/mol. The first-order chi connectivity index (χ1) is 10.0. The van der Waals surface area contributed by atoms with Gasteiger partial charge in [0.05, 0.1) is 15.5 Å². The Kier molecular flexibility index (Phi) is 4.66. The van der Waals surface area contributed by atoms with Crippen LogP contribution in [0.2, 0.25) is 0 Å². The van der Waals surface area contributed by atoms with Crippen LogP contribution < -0.4 is 16.0 Å². The number of anilines is 1. The third-order valence-electron chi connectivity index (χ3n) is 2.54. The Hall–Kier alpha value is -2.26. The van der Waals surface area contributed by atoms with Crippen LogP contribution in [0.15, 0.2) is 34.9 Å². The van der Waals surface area contributed by atoms with Gasteiger partial charge in [0.25, 0.3) is 0 Å². The number of aromatic nitrogens is 1. The molecule has 0 aliphatic rings. The summed E-state index contributed by atoms with van der Waals surface area (Å²) in [5, 5.41) is 10.9. The summed E-state index contributed by atoms with van der Waals surface area (Å²) in [5.74, 6) is 4.91. The van der Waals surface area contributed by atoms with Gasteiger partial charge in [0.2, 0.25) is 5.75 Å². The molecule has 2 aromatic rings. The van der Waals surface area contributed by atoms with Gasteiger partial charge in [-0.25, -0.2) is 15.2 Å². The summed E-state index contributed by atoms with van der Waals surface area (Å²) in [7, 11) is 0. The Morgan fingerprint density at radius 1 is 1.48 bits per heavy atom. The van der Waals surface area contributed by atoms with Gasteiger partial charge in [0, 0.05) is 6.20 Å². The van der Waals surface area contributed by atoms with E-state index >= 15 is 0 Å². The van der Waals surface area contributed by atoms with Gasteiger partial charge in [-0.1, -0.05) is 0 Å². The molecule has 0 spiro atoms. The number of hydrogen-bond acceptors (Lipinski definition) is 6. The minimum absolute atomic E-state index is 0.0412. The molecule has 0 atom stereocenters. The van der Waals surface area contributed by atoms with Crippen molar-refractivity contribution in [3.05, 3.63) is 56.4 Å². The fourth-order valence-corrected chi connectivity index (χ4v) is 2.16. The maximum atomic E-state index is 13.2. The molecular formula is C12H10BrFN4O3. The summed E-state index contributed by atoms with van der Waals surface area (Å²) in [5.41, 5.74) is 2.63. The molecule has 0 saturated heterocycles. The van der Waals surface area contributed by atoms with E-state index in [0.29, 0.717) is 11.4 Å². The highest BCUT2D eigenvalue weighted by Crippen LogP contribution is 2.36. The SMILES string of the molecule is NNc1cc(COc2c(Br)cc(F)cc2[N+](=O)[O-])ccn1. The lowest BCUT2D eigenvalue weighted by atomic mass is 10.2. The van der Waals surface area contributed by atoms with Crippen LogP contribution in [0.3, 0.4) is 0 Å². The first kappa shape index (κ1) is 15.1. The first-order valence-electron chi connectivity index (χ1n) is 5.69. The lowest BCUT2D eigenvalue weighted by molar-refractivity contribution is -0.386. The van der Waals surface area contributed by atoms with Gasteiger partial charge < -0.3 is 10.2 Å². The fourth-order valence-electron chi connectivity index (χ4n) is 1.62. The lowest BCUT2D eigenvalue weighted by Crippen LogP contribution is -2.09. The minimum Gasteiger partial charge on any atom is -0.481 e. The van der Waals surface area contributed by atoms with Crippen molar-refractivity contribution in [2.24, 2.45) is 5.84 Å². The van der Waals surface area contributed by atoms with Crippen molar-refractivity contribution in [3.63, 3.8) is 0 Å². The fraction of sp³-hybridized carbons (Fsp3) is 0.0833. The third-order valence-corrected chi connectivity index (χ3v) is 3.13. The molecule has 0 bridgehead atoms. The lowest BCUT2D eigenvalue weighted by Gasteiger charge is -2.09. The second kappa shape index (κ2) is 6.46. The number of ether oxygens (including phenoxy) is 1. The molecule has 0 aliphatic carbocycles. The van der Waals surface area contributed by atoms with Crippen molar-refractivity contribution in [2.75, 3.05) is 5.43 Å². The molecule has 0 aliphatic heterocycles. The Balaban J connectivity index is 2.25. The molecule has 1 aromatic carbocycles. The predicted octanol–water partition coefficient (Wildman–Crippen LogP) is 2.76. The molecule has 0 fully saturated rings. The summed E-state index contributed by atoms with van der Waals surface area (Å²) >= 11 is 3.05. The molecule has 1 aromatic heterocycles. The number of rotatable bonds is 5. The van der Waals surface area contributed by atoms with E-state index < -0.39 is 16.4 Å². The summed E-state index contributed by atoms with van der Waals surface area (Å²) in [6.07, 6.45) is 1.52. The summed E-state index contributed by atoms with van der Waals surface area (Å²) in [6.45, 7) is 0.0439. The molecule has 1 heterocycles. The van der Waals surface area contributed by atoms with Crippen LogP contribution in [-0.4, -0.2) is 9.91 Å². The van der Waals surface area contributed by atoms with Gasteiger partial charge in [-0.05, 0) is 39.7 Å². The van der Waals surface area contributed by atoms with Gasteiger partial charge in [-0.3, -0.25) is 10.1 Å². The number of nitro groups is 1. The standard InChI is InChI=1S/C12H10BrFN4O3/c13-9-4-8(14)5-10(18(19)20)12(9)21-6-7-1-2-16-11(3-7)17-15/h1-5H,6,15H2,(H,16,17). The van der Waals surface area contributed by atoms with E-state index in [1.807, 2.05) is 0 Å². The number of nitrogen functional groups attached to an aromatic ring is 1. The second-order valence-corrected chi connectivity index (χ2v) is 4.83. The molecule has 0 unspecified atom stereocenters. The monoisotopic (exact) mass is 356 g/mol. The molecule has 0 amide bonds. The molecule has 110 valence electrons. The summed E-state index contributed by atoms with van der Waals surface area (Å²) < 4.78 is 18.8. The quantitative estimate of drug-likeness (QED) is 0.485.